The number of rotatable bonds is 8. The van der Waals surface area contributed by atoms with Crippen molar-refractivity contribution < 1.29 is 9.72 Å². The number of hydrogen-bond donors (Lipinski definition) is 1. The number of carbonyl (C=O) groups excluding carboxylic acids is 1. The molecule has 20 heavy (non-hydrogen) atoms. The second-order valence-corrected chi connectivity index (χ2v) is 4.72. The van der Waals surface area contributed by atoms with Gasteiger partial charge in [-0.2, -0.15) is 0 Å². The summed E-state index contributed by atoms with van der Waals surface area (Å²) in [6.45, 7) is 1.57. The van der Waals surface area contributed by atoms with E-state index < -0.39 is 4.92 Å². The van der Waals surface area contributed by atoms with Gasteiger partial charge in [-0.15, -0.1) is 23.2 Å². The third-order valence-corrected chi connectivity index (χ3v) is 2.94. The molecule has 1 aromatic rings. The molecule has 0 saturated heterocycles. The highest BCUT2D eigenvalue weighted by atomic mass is 35.5. The number of halogens is 2. The first-order valence-corrected chi connectivity index (χ1v) is 7.02. The summed E-state index contributed by atoms with van der Waals surface area (Å²) in [5.41, 5.74) is 0.319. The number of carbonyl (C=O) groups is 1. The fourth-order valence-corrected chi connectivity index (χ4v) is 2.01. The molecule has 0 aromatic heterocycles. The molecule has 0 saturated carbocycles. The molecule has 0 aliphatic carbocycles. The number of nitrogens with zero attached hydrogens (tertiary/aromatic N) is 2. The number of non-ortho nitro benzene ring substituents is 1. The standard InChI is InChI=1S/C12H15Cl2N3O3/c13-5-7-16(8-6-14)9-15-12(18)10-1-3-11(4-2-10)17(19)20/h1-4H,5-9H2,(H,15,18). The Morgan fingerprint density at radius 1 is 1.20 bits per heavy atom. The summed E-state index contributed by atoms with van der Waals surface area (Å²) in [4.78, 5) is 23.8. The minimum atomic E-state index is -0.510. The van der Waals surface area contributed by atoms with E-state index in [2.05, 4.69) is 5.32 Å². The molecule has 1 rings (SSSR count). The second kappa shape index (κ2) is 8.73. The van der Waals surface area contributed by atoms with Gasteiger partial charge in [0.15, 0.2) is 0 Å². The van der Waals surface area contributed by atoms with E-state index in [1.165, 1.54) is 24.3 Å². The largest absolute Gasteiger partial charge is 0.339 e. The molecule has 0 unspecified atom stereocenters. The topological polar surface area (TPSA) is 75.5 Å². The smallest absolute Gasteiger partial charge is 0.269 e. The van der Waals surface area contributed by atoms with Crippen LogP contribution in [0.4, 0.5) is 5.69 Å². The Kier molecular flexibility index (Phi) is 7.28. The van der Waals surface area contributed by atoms with Gasteiger partial charge in [-0.1, -0.05) is 0 Å². The van der Waals surface area contributed by atoms with Crippen molar-refractivity contribution in [3.05, 3.63) is 39.9 Å². The maximum Gasteiger partial charge on any atom is 0.269 e. The zero-order valence-corrected chi connectivity index (χ0v) is 12.2. The van der Waals surface area contributed by atoms with E-state index in [9.17, 15) is 14.9 Å². The fourth-order valence-electron chi connectivity index (χ4n) is 1.53. The summed E-state index contributed by atoms with van der Waals surface area (Å²) in [6.07, 6.45) is 0. The van der Waals surface area contributed by atoms with Gasteiger partial charge in [-0.05, 0) is 12.1 Å². The normalized spacial score (nSPS) is 10.6. The Labute approximate surface area is 126 Å². The monoisotopic (exact) mass is 319 g/mol. The van der Waals surface area contributed by atoms with Gasteiger partial charge in [0.05, 0.1) is 11.6 Å². The molecule has 0 bridgehead atoms. The molecular weight excluding hydrogens is 305 g/mol. The fraction of sp³-hybridized carbons (Fsp3) is 0.417. The highest BCUT2D eigenvalue weighted by Gasteiger charge is 2.10. The molecule has 8 heteroatoms. The molecule has 0 heterocycles. The highest BCUT2D eigenvalue weighted by Crippen LogP contribution is 2.11. The summed E-state index contributed by atoms with van der Waals surface area (Å²) in [5, 5.41) is 13.2. The van der Waals surface area contributed by atoms with Gasteiger partial charge < -0.3 is 5.32 Å². The highest BCUT2D eigenvalue weighted by molar-refractivity contribution is 6.18. The Bertz CT molecular complexity index is 448. The lowest BCUT2D eigenvalue weighted by Gasteiger charge is -2.20. The van der Waals surface area contributed by atoms with E-state index in [1.54, 1.807) is 0 Å². The first-order chi connectivity index (χ1) is 9.58. The molecule has 0 fully saturated rings. The average Bonchev–Trinajstić information content (AvgIpc) is 2.45. The summed E-state index contributed by atoms with van der Waals surface area (Å²) >= 11 is 11.3. The first-order valence-electron chi connectivity index (χ1n) is 5.95. The summed E-state index contributed by atoms with van der Waals surface area (Å²) in [5.74, 6) is 0.600. The Hall–Kier alpha value is -1.37. The van der Waals surface area contributed by atoms with Gasteiger partial charge in [0.25, 0.3) is 11.6 Å². The zero-order valence-electron chi connectivity index (χ0n) is 10.7. The average molecular weight is 320 g/mol. The predicted molar refractivity (Wildman–Crippen MR) is 78.4 cm³/mol. The van der Waals surface area contributed by atoms with E-state index in [-0.39, 0.29) is 11.6 Å². The van der Waals surface area contributed by atoms with Crippen molar-refractivity contribution in [2.45, 2.75) is 0 Å². The van der Waals surface area contributed by atoms with Crippen molar-refractivity contribution in [2.75, 3.05) is 31.5 Å². The molecule has 1 amide bonds. The third-order valence-electron chi connectivity index (χ3n) is 2.61. The van der Waals surface area contributed by atoms with Crippen molar-refractivity contribution in [2.24, 2.45) is 0 Å². The van der Waals surface area contributed by atoms with Crippen molar-refractivity contribution in [1.82, 2.24) is 10.2 Å². The molecule has 0 atom stereocenters. The SMILES string of the molecule is O=C(NCN(CCCl)CCCl)c1ccc([N+](=O)[O-])cc1. The van der Waals surface area contributed by atoms with Crippen LogP contribution in [0.1, 0.15) is 10.4 Å². The number of nitrogens with one attached hydrogen (secondary N) is 1. The minimum absolute atomic E-state index is 0.0487. The molecular formula is C12H15Cl2N3O3. The van der Waals surface area contributed by atoms with Gasteiger partial charge >= 0.3 is 0 Å². The number of benzene rings is 1. The summed E-state index contributed by atoms with van der Waals surface area (Å²) in [7, 11) is 0. The maximum atomic E-state index is 11.9. The van der Waals surface area contributed by atoms with E-state index >= 15 is 0 Å². The molecule has 0 aliphatic heterocycles. The number of nitro benzene ring substituents is 1. The molecule has 1 N–H and O–H groups in total. The number of hydrogen-bond acceptors (Lipinski definition) is 4. The molecule has 0 radical (unpaired) electrons. The molecule has 110 valence electrons. The summed E-state index contributed by atoms with van der Waals surface area (Å²) in [6, 6.07) is 5.43. The summed E-state index contributed by atoms with van der Waals surface area (Å²) < 4.78 is 0. The Morgan fingerprint density at radius 3 is 2.20 bits per heavy atom. The van der Waals surface area contributed by atoms with Crippen LogP contribution in [-0.2, 0) is 0 Å². The van der Waals surface area contributed by atoms with Crippen LogP contribution >= 0.6 is 23.2 Å². The van der Waals surface area contributed by atoms with Gasteiger partial charge in [0.1, 0.15) is 0 Å². The molecule has 6 nitrogen and oxygen atoms in total. The quantitative estimate of drug-likeness (QED) is 0.344. The Morgan fingerprint density at radius 2 is 1.75 bits per heavy atom. The van der Waals surface area contributed by atoms with Gasteiger partial charge in [0.2, 0.25) is 0 Å². The van der Waals surface area contributed by atoms with Gasteiger partial charge in [-0.25, -0.2) is 0 Å². The first kappa shape index (κ1) is 16.7. The third kappa shape index (κ3) is 5.32. The van der Waals surface area contributed by atoms with Crippen LogP contribution in [0.15, 0.2) is 24.3 Å². The van der Waals surface area contributed by atoms with E-state index in [0.29, 0.717) is 37.1 Å². The predicted octanol–water partition coefficient (Wildman–Crippen LogP) is 2.06. The van der Waals surface area contributed by atoms with E-state index in [0.717, 1.165) is 0 Å². The van der Waals surface area contributed by atoms with Crippen molar-refractivity contribution >= 4 is 34.8 Å². The molecule has 1 aromatic carbocycles. The van der Waals surface area contributed by atoms with Crippen LogP contribution in [0.25, 0.3) is 0 Å². The van der Waals surface area contributed by atoms with Crippen LogP contribution in [0.5, 0.6) is 0 Å². The van der Waals surface area contributed by atoms with Gasteiger partial charge in [0, 0.05) is 42.5 Å². The van der Waals surface area contributed by atoms with E-state index in [4.69, 9.17) is 23.2 Å². The van der Waals surface area contributed by atoms with Crippen LogP contribution in [0, 0.1) is 10.1 Å². The van der Waals surface area contributed by atoms with Crippen molar-refractivity contribution in [3.8, 4) is 0 Å². The molecule has 0 aliphatic rings. The number of amides is 1. The van der Waals surface area contributed by atoms with Crippen molar-refractivity contribution in [3.63, 3.8) is 0 Å². The lowest BCUT2D eigenvalue weighted by molar-refractivity contribution is -0.384. The maximum absolute atomic E-state index is 11.9. The van der Waals surface area contributed by atoms with Crippen LogP contribution < -0.4 is 5.32 Å². The minimum Gasteiger partial charge on any atom is -0.339 e. The Balaban J connectivity index is 2.55. The lowest BCUT2D eigenvalue weighted by atomic mass is 10.2. The number of alkyl halides is 2. The molecule has 0 spiro atoms. The second-order valence-electron chi connectivity index (χ2n) is 3.96. The zero-order chi connectivity index (χ0) is 15.0. The van der Waals surface area contributed by atoms with Crippen LogP contribution in [-0.4, -0.2) is 47.2 Å². The number of nitro groups is 1. The van der Waals surface area contributed by atoms with E-state index in [1.807, 2.05) is 4.90 Å². The van der Waals surface area contributed by atoms with Crippen LogP contribution in [0.3, 0.4) is 0 Å². The van der Waals surface area contributed by atoms with Crippen LogP contribution in [0.2, 0.25) is 0 Å². The van der Waals surface area contributed by atoms with Gasteiger partial charge in [-0.3, -0.25) is 19.8 Å². The van der Waals surface area contributed by atoms with Crippen molar-refractivity contribution in [1.29, 1.82) is 0 Å². The lowest BCUT2D eigenvalue weighted by Crippen LogP contribution is -2.39.